The van der Waals surface area contributed by atoms with E-state index in [-0.39, 0.29) is 0 Å². The van der Waals surface area contributed by atoms with Gasteiger partial charge in [0.1, 0.15) is 36.2 Å². The van der Waals surface area contributed by atoms with Gasteiger partial charge >= 0.3 is 5.63 Å². The molecule has 3 rings (SSSR count). The van der Waals surface area contributed by atoms with E-state index in [4.69, 9.17) is 9.52 Å². The van der Waals surface area contributed by atoms with Crippen molar-refractivity contribution in [1.29, 1.82) is 0 Å². The van der Waals surface area contributed by atoms with E-state index in [1.807, 2.05) is 24.4 Å². The highest BCUT2D eigenvalue weighted by atomic mass is 32.1. The number of aliphatic hydroxyl groups is 4. The fourth-order valence-electron chi connectivity index (χ4n) is 3.09. The van der Waals surface area contributed by atoms with Crippen molar-refractivity contribution in [3.05, 3.63) is 51.7 Å². The molecule has 154 valence electrons. The number of anilines is 1. The van der Waals surface area contributed by atoms with E-state index in [0.29, 0.717) is 23.1 Å². The lowest BCUT2D eigenvalue weighted by Gasteiger charge is -2.26. The van der Waals surface area contributed by atoms with Gasteiger partial charge in [-0.05, 0) is 36.1 Å². The van der Waals surface area contributed by atoms with E-state index in [9.17, 15) is 24.9 Å². The molecule has 0 aliphatic carbocycles. The summed E-state index contributed by atoms with van der Waals surface area (Å²) in [6.45, 7) is 1.06. The Bertz CT molecular complexity index is 1050. The second-order valence-corrected chi connectivity index (χ2v) is 7.56. The summed E-state index contributed by atoms with van der Waals surface area (Å²) in [7, 11) is 0. The van der Waals surface area contributed by atoms with Gasteiger partial charge in [0.2, 0.25) is 0 Å². The first-order valence-corrected chi connectivity index (χ1v) is 9.73. The van der Waals surface area contributed by atoms with Gasteiger partial charge in [0.15, 0.2) is 0 Å². The fourth-order valence-corrected chi connectivity index (χ4v) is 3.91. The minimum Gasteiger partial charge on any atom is -0.422 e. The van der Waals surface area contributed by atoms with Crippen LogP contribution in [0.25, 0.3) is 21.4 Å². The van der Waals surface area contributed by atoms with Crippen LogP contribution < -0.4 is 10.9 Å². The predicted octanol–water partition coefficient (Wildman–Crippen LogP) is 0.884. The maximum absolute atomic E-state index is 12.5. The molecule has 2 aromatic heterocycles. The zero-order valence-corrected chi connectivity index (χ0v) is 16.3. The number of hydrogen-bond acceptors (Lipinski definition) is 9. The topological polar surface area (TPSA) is 140 Å². The normalized spacial score (nSPS) is 15.6. The molecular weight excluding hydrogens is 398 g/mol. The van der Waals surface area contributed by atoms with Gasteiger partial charge in [-0.2, -0.15) is 0 Å². The molecule has 3 aromatic rings. The first kappa shape index (κ1) is 21.2. The number of carbonyl (C=O) groups is 1. The molecule has 0 saturated carbocycles. The van der Waals surface area contributed by atoms with Crippen molar-refractivity contribution in [3.63, 3.8) is 0 Å². The molecule has 4 atom stereocenters. The van der Waals surface area contributed by atoms with Crippen LogP contribution in [0.5, 0.6) is 0 Å². The standard InChI is InChI=1S/C20H21NO7S/c1-10-12-5-4-11(21-13(8-22)18(25)19(26)14(24)9-23)7-15(12)28-20(27)17(10)16-3-2-6-29-16/h2-8,13-14,18-19,21,23-26H,9H2,1H3/t13-,14-,18-,19-/m0/s1. The zero-order chi connectivity index (χ0) is 21.1. The van der Waals surface area contributed by atoms with Crippen LogP contribution in [-0.2, 0) is 4.79 Å². The van der Waals surface area contributed by atoms with Gasteiger partial charge in [-0.15, -0.1) is 11.3 Å². The van der Waals surface area contributed by atoms with Crippen LogP contribution in [0.4, 0.5) is 5.69 Å². The number of aliphatic hydroxyl groups excluding tert-OH is 4. The monoisotopic (exact) mass is 419 g/mol. The van der Waals surface area contributed by atoms with Crippen molar-refractivity contribution in [2.75, 3.05) is 11.9 Å². The number of rotatable bonds is 8. The number of benzene rings is 1. The number of nitrogens with one attached hydrogen (secondary N) is 1. The molecule has 0 aliphatic rings. The second kappa shape index (κ2) is 8.85. The quantitative estimate of drug-likeness (QED) is 0.268. The Morgan fingerprint density at radius 1 is 1.21 bits per heavy atom. The van der Waals surface area contributed by atoms with Crippen molar-refractivity contribution in [3.8, 4) is 10.4 Å². The maximum atomic E-state index is 12.5. The van der Waals surface area contributed by atoms with Gasteiger partial charge in [0.05, 0.1) is 12.2 Å². The zero-order valence-electron chi connectivity index (χ0n) is 15.5. The lowest BCUT2D eigenvalue weighted by molar-refractivity contribution is -0.117. The molecule has 29 heavy (non-hydrogen) atoms. The van der Waals surface area contributed by atoms with E-state index in [2.05, 4.69) is 5.32 Å². The van der Waals surface area contributed by atoms with Crippen LogP contribution in [-0.4, -0.2) is 57.7 Å². The molecule has 0 fully saturated rings. The van der Waals surface area contributed by atoms with Gasteiger partial charge in [-0.3, -0.25) is 0 Å². The number of hydrogen-bond donors (Lipinski definition) is 5. The highest BCUT2D eigenvalue weighted by Gasteiger charge is 2.31. The van der Waals surface area contributed by atoms with Crippen LogP contribution >= 0.6 is 11.3 Å². The van der Waals surface area contributed by atoms with Crippen molar-refractivity contribution in [2.24, 2.45) is 0 Å². The number of aldehydes is 1. The molecule has 0 aliphatic heterocycles. The average Bonchev–Trinajstić information content (AvgIpc) is 3.24. The first-order chi connectivity index (χ1) is 13.9. The largest absolute Gasteiger partial charge is 0.422 e. The molecular formula is C20H21NO7S. The number of thiophene rings is 1. The maximum Gasteiger partial charge on any atom is 0.345 e. The lowest BCUT2D eigenvalue weighted by atomic mass is 10.0. The molecule has 2 heterocycles. The predicted molar refractivity (Wildman–Crippen MR) is 109 cm³/mol. The van der Waals surface area contributed by atoms with Crippen molar-refractivity contribution in [2.45, 2.75) is 31.3 Å². The van der Waals surface area contributed by atoms with Crippen LogP contribution in [0.15, 0.2) is 44.9 Å². The average molecular weight is 419 g/mol. The molecule has 1 aromatic carbocycles. The molecule has 8 nitrogen and oxygen atoms in total. The third-order valence-corrected chi connectivity index (χ3v) is 5.60. The van der Waals surface area contributed by atoms with E-state index in [1.54, 1.807) is 12.1 Å². The number of aryl methyl sites for hydroxylation is 1. The Morgan fingerprint density at radius 3 is 2.59 bits per heavy atom. The summed E-state index contributed by atoms with van der Waals surface area (Å²) >= 11 is 1.44. The van der Waals surface area contributed by atoms with Crippen molar-refractivity contribution < 1.29 is 29.6 Å². The lowest BCUT2D eigenvalue weighted by Crippen LogP contribution is -2.49. The summed E-state index contributed by atoms with van der Waals surface area (Å²) in [6, 6.07) is 7.31. The highest BCUT2D eigenvalue weighted by molar-refractivity contribution is 7.13. The van der Waals surface area contributed by atoms with Gasteiger partial charge < -0.3 is 35.0 Å². The van der Waals surface area contributed by atoms with Gasteiger partial charge in [0.25, 0.3) is 0 Å². The number of fused-ring (bicyclic) bond motifs is 1. The summed E-state index contributed by atoms with van der Waals surface area (Å²) in [6.07, 6.45) is -4.61. The Hall–Kier alpha value is -2.56. The summed E-state index contributed by atoms with van der Waals surface area (Å²) in [5.74, 6) is 0. The highest BCUT2D eigenvalue weighted by Crippen LogP contribution is 2.30. The Morgan fingerprint density at radius 2 is 1.97 bits per heavy atom. The Balaban J connectivity index is 1.93. The van der Waals surface area contributed by atoms with Crippen molar-refractivity contribution in [1.82, 2.24) is 0 Å². The molecule has 0 amide bonds. The van der Waals surface area contributed by atoms with Crippen LogP contribution in [0.1, 0.15) is 5.56 Å². The van der Waals surface area contributed by atoms with Crippen LogP contribution in [0.3, 0.4) is 0 Å². The summed E-state index contributed by atoms with van der Waals surface area (Å²) < 4.78 is 5.45. The summed E-state index contributed by atoms with van der Waals surface area (Å²) in [5.41, 5.74) is 1.44. The van der Waals surface area contributed by atoms with Crippen LogP contribution in [0, 0.1) is 6.92 Å². The summed E-state index contributed by atoms with van der Waals surface area (Å²) in [5, 5.41) is 43.6. The molecule has 5 N–H and O–H groups in total. The third-order valence-electron chi connectivity index (χ3n) is 4.71. The van der Waals surface area contributed by atoms with E-state index in [1.165, 1.54) is 17.4 Å². The molecule has 0 unspecified atom stereocenters. The minimum atomic E-state index is -1.73. The molecule has 9 heteroatoms. The van der Waals surface area contributed by atoms with Gasteiger partial charge in [-0.25, -0.2) is 4.79 Å². The molecule has 0 bridgehead atoms. The smallest absolute Gasteiger partial charge is 0.345 e. The van der Waals surface area contributed by atoms with Gasteiger partial charge in [-0.1, -0.05) is 6.07 Å². The van der Waals surface area contributed by atoms with Gasteiger partial charge in [0, 0.05) is 22.0 Å². The van der Waals surface area contributed by atoms with E-state index >= 15 is 0 Å². The fraction of sp³-hybridized carbons (Fsp3) is 0.300. The second-order valence-electron chi connectivity index (χ2n) is 6.62. The summed E-state index contributed by atoms with van der Waals surface area (Å²) in [4.78, 5) is 24.7. The van der Waals surface area contributed by atoms with E-state index < -0.39 is 36.6 Å². The Kier molecular flexibility index (Phi) is 6.46. The van der Waals surface area contributed by atoms with Crippen molar-refractivity contribution >= 4 is 34.3 Å². The molecule has 0 saturated heterocycles. The molecule has 0 radical (unpaired) electrons. The number of carbonyl (C=O) groups excluding carboxylic acids is 1. The third kappa shape index (κ3) is 4.24. The SMILES string of the molecule is Cc1c(-c2cccs2)c(=O)oc2cc(N[C@@H](C=O)[C@H](O)[C@@H](O)[C@@H](O)CO)ccc12. The van der Waals surface area contributed by atoms with Crippen LogP contribution in [0.2, 0.25) is 0 Å². The first-order valence-electron chi connectivity index (χ1n) is 8.85. The van der Waals surface area contributed by atoms with E-state index in [0.717, 1.165) is 15.8 Å². The Labute approximate surface area is 169 Å². The molecule has 0 spiro atoms. The minimum absolute atomic E-state index is 0.299.